The topological polar surface area (TPSA) is 76.8 Å². The van der Waals surface area contributed by atoms with Gasteiger partial charge in [0, 0.05) is 30.8 Å². The summed E-state index contributed by atoms with van der Waals surface area (Å²) in [6.07, 6.45) is 6.13. The van der Waals surface area contributed by atoms with Crippen LogP contribution in [-0.4, -0.2) is 26.7 Å². The zero-order valence-corrected chi connectivity index (χ0v) is 12.5. The molecule has 0 bridgehead atoms. The Morgan fingerprint density at radius 2 is 2.09 bits per heavy atom. The van der Waals surface area contributed by atoms with Crippen molar-refractivity contribution in [2.45, 2.75) is 26.2 Å². The number of aromatic nitrogens is 4. The van der Waals surface area contributed by atoms with Crippen molar-refractivity contribution < 1.29 is 9.26 Å². The standard InChI is InChI=1S/C16H18N4O2/c1-2-15-19-16(20-22-15)12-5-7-13(8-6-12)21-11-3-4-14-17-9-10-18-14/h5-10H,2-4,11H2,1H3,(H,17,18). The summed E-state index contributed by atoms with van der Waals surface area (Å²) < 4.78 is 10.8. The summed E-state index contributed by atoms with van der Waals surface area (Å²) in [6.45, 7) is 2.64. The van der Waals surface area contributed by atoms with Gasteiger partial charge in [-0.05, 0) is 30.7 Å². The molecule has 0 amide bonds. The van der Waals surface area contributed by atoms with Crippen LogP contribution in [0.25, 0.3) is 11.4 Å². The van der Waals surface area contributed by atoms with Crippen molar-refractivity contribution in [1.82, 2.24) is 20.1 Å². The number of benzene rings is 1. The second-order valence-corrected chi connectivity index (χ2v) is 4.88. The average molecular weight is 298 g/mol. The van der Waals surface area contributed by atoms with E-state index in [1.54, 1.807) is 6.20 Å². The maximum atomic E-state index is 5.72. The number of nitrogens with one attached hydrogen (secondary N) is 1. The molecule has 0 aliphatic rings. The third kappa shape index (κ3) is 3.52. The number of hydrogen-bond acceptors (Lipinski definition) is 5. The Balaban J connectivity index is 1.50. The fourth-order valence-corrected chi connectivity index (χ4v) is 2.08. The Bertz CT molecular complexity index is 689. The molecule has 1 aromatic carbocycles. The van der Waals surface area contributed by atoms with Crippen molar-refractivity contribution in [3.05, 3.63) is 48.4 Å². The first-order valence-electron chi connectivity index (χ1n) is 7.39. The van der Waals surface area contributed by atoms with E-state index in [9.17, 15) is 0 Å². The smallest absolute Gasteiger partial charge is 0.226 e. The maximum absolute atomic E-state index is 5.72. The zero-order valence-electron chi connectivity index (χ0n) is 12.5. The van der Waals surface area contributed by atoms with Crippen LogP contribution in [0.2, 0.25) is 0 Å². The fraction of sp³-hybridized carbons (Fsp3) is 0.312. The molecule has 3 aromatic rings. The molecule has 6 nitrogen and oxygen atoms in total. The molecule has 3 rings (SSSR count). The number of aromatic amines is 1. The molecule has 0 saturated heterocycles. The van der Waals surface area contributed by atoms with Crippen molar-refractivity contribution in [2.24, 2.45) is 0 Å². The molecule has 0 aliphatic carbocycles. The van der Waals surface area contributed by atoms with Crippen molar-refractivity contribution in [1.29, 1.82) is 0 Å². The minimum Gasteiger partial charge on any atom is -0.494 e. The first kappa shape index (κ1) is 14.3. The molecule has 114 valence electrons. The molecule has 0 aliphatic heterocycles. The fourth-order valence-electron chi connectivity index (χ4n) is 2.08. The van der Waals surface area contributed by atoms with Crippen LogP contribution in [0.1, 0.15) is 25.1 Å². The lowest BCUT2D eigenvalue weighted by Gasteiger charge is -2.05. The first-order valence-corrected chi connectivity index (χ1v) is 7.39. The molecule has 0 atom stereocenters. The van der Waals surface area contributed by atoms with Gasteiger partial charge in [-0.25, -0.2) is 4.98 Å². The number of imidazole rings is 1. The molecule has 0 fully saturated rings. The molecule has 2 aromatic heterocycles. The van der Waals surface area contributed by atoms with E-state index in [0.717, 1.165) is 36.4 Å². The molecule has 0 spiro atoms. The van der Waals surface area contributed by atoms with Gasteiger partial charge in [0.1, 0.15) is 11.6 Å². The third-order valence-corrected chi connectivity index (χ3v) is 3.26. The van der Waals surface area contributed by atoms with Gasteiger partial charge in [-0.2, -0.15) is 4.98 Å². The minimum atomic E-state index is 0.612. The predicted molar refractivity (Wildman–Crippen MR) is 81.5 cm³/mol. The second-order valence-electron chi connectivity index (χ2n) is 4.88. The van der Waals surface area contributed by atoms with Gasteiger partial charge in [0.05, 0.1) is 6.61 Å². The maximum Gasteiger partial charge on any atom is 0.226 e. The highest BCUT2D eigenvalue weighted by Crippen LogP contribution is 2.20. The highest BCUT2D eigenvalue weighted by Gasteiger charge is 2.07. The lowest BCUT2D eigenvalue weighted by atomic mass is 10.2. The first-order chi connectivity index (χ1) is 10.8. The van der Waals surface area contributed by atoms with Crippen LogP contribution >= 0.6 is 0 Å². The van der Waals surface area contributed by atoms with Crippen LogP contribution in [0.15, 0.2) is 41.2 Å². The van der Waals surface area contributed by atoms with Gasteiger partial charge in [0.15, 0.2) is 0 Å². The van der Waals surface area contributed by atoms with E-state index in [4.69, 9.17) is 9.26 Å². The van der Waals surface area contributed by atoms with Gasteiger partial charge in [-0.3, -0.25) is 0 Å². The molecule has 0 saturated carbocycles. The largest absolute Gasteiger partial charge is 0.494 e. The van der Waals surface area contributed by atoms with E-state index in [-0.39, 0.29) is 0 Å². The normalized spacial score (nSPS) is 10.8. The Morgan fingerprint density at radius 3 is 2.77 bits per heavy atom. The van der Waals surface area contributed by atoms with Gasteiger partial charge in [-0.15, -0.1) is 0 Å². The second kappa shape index (κ2) is 6.89. The summed E-state index contributed by atoms with van der Waals surface area (Å²) in [4.78, 5) is 11.6. The number of H-pyrrole nitrogens is 1. The zero-order chi connectivity index (χ0) is 15.2. The quantitative estimate of drug-likeness (QED) is 0.678. The van der Waals surface area contributed by atoms with Crippen LogP contribution in [-0.2, 0) is 12.8 Å². The summed E-state index contributed by atoms with van der Waals surface area (Å²) in [5.74, 6) is 3.08. The molecule has 2 heterocycles. The van der Waals surface area contributed by atoms with Crippen molar-refractivity contribution in [3.63, 3.8) is 0 Å². The predicted octanol–water partition coefficient (Wildman–Crippen LogP) is 3.03. The highest BCUT2D eigenvalue weighted by molar-refractivity contribution is 5.55. The molecule has 0 unspecified atom stereocenters. The lowest BCUT2D eigenvalue weighted by molar-refractivity contribution is 0.310. The molecular formula is C16H18N4O2. The Hall–Kier alpha value is -2.63. The van der Waals surface area contributed by atoms with Gasteiger partial charge >= 0.3 is 0 Å². The van der Waals surface area contributed by atoms with Crippen molar-refractivity contribution >= 4 is 0 Å². The average Bonchev–Trinajstić information content (AvgIpc) is 3.23. The summed E-state index contributed by atoms with van der Waals surface area (Å²) in [5.41, 5.74) is 0.923. The van der Waals surface area contributed by atoms with Crippen molar-refractivity contribution in [3.8, 4) is 17.1 Å². The van der Waals surface area contributed by atoms with Crippen LogP contribution in [0, 0.1) is 0 Å². The number of rotatable bonds is 7. The number of nitrogens with zero attached hydrogens (tertiary/aromatic N) is 3. The Morgan fingerprint density at radius 1 is 1.23 bits per heavy atom. The third-order valence-electron chi connectivity index (χ3n) is 3.26. The molecule has 22 heavy (non-hydrogen) atoms. The highest BCUT2D eigenvalue weighted by atomic mass is 16.5. The Kier molecular flexibility index (Phi) is 4.48. The molecular weight excluding hydrogens is 280 g/mol. The van der Waals surface area contributed by atoms with Gasteiger partial charge in [-0.1, -0.05) is 12.1 Å². The van der Waals surface area contributed by atoms with Crippen molar-refractivity contribution in [2.75, 3.05) is 6.61 Å². The minimum absolute atomic E-state index is 0.612. The summed E-state index contributed by atoms with van der Waals surface area (Å²) in [5, 5.41) is 3.95. The van der Waals surface area contributed by atoms with E-state index in [1.807, 2.05) is 37.4 Å². The van der Waals surface area contributed by atoms with E-state index in [2.05, 4.69) is 20.1 Å². The van der Waals surface area contributed by atoms with Gasteiger partial charge in [0.25, 0.3) is 0 Å². The SMILES string of the molecule is CCc1nc(-c2ccc(OCCCc3ncc[nH]3)cc2)no1. The summed E-state index contributed by atoms with van der Waals surface area (Å²) >= 11 is 0. The Labute approximate surface area is 128 Å². The van der Waals surface area contributed by atoms with Crippen LogP contribution < -0.4 is 4.74 Å². The van der Waals surface area contributed by atoms with E-state index in [1.165, 1.54) is 0 Å². The van der Waals surface area contributed by atoms with Crippen LogP contribution in [0.5, 0.6) is 5.75 Å². The van der Waals surface area contributed by atoms with Crippen LogP contribution in [0.3, 0.4) is 0 Å². The van der Waals surface area contributed by atoms with E-state index < -0.39 is 0 Å². The van der Waals surface area contributed by atoms with Gasteiger partial charge in [0.2, 0.25) is 11.7 Å². The van der Waals surface area contributed by atoms with Crippen LogP contribution in [0.4, 0.5) is 0 Å². The monoisotopic (exact) mass is 298 g/mol. The number of hydrogen-bond donors (Lipinski definition) is 1. The van der Waals surface area contributed by atoms with Gasteiger partial charge < -0.3 is 14.2 Å². The van der Waals surface area contributed by atoms with E-state index >= 15 is 0 Å². The molecule has 0 radical (unpaired) electrons. The molecule has 6 heteroatoms. The molecule has 1 N–H and O–H groups in total. The lowest BCUT2D eigenvalue weighted by Crippen LogP contribution is -2.00. The van der Waals surface area contributed by atoms with E-state index in [0.29, 0.717) is 18.3 Å². The summed E-state index contributed by atoms with van der Waals surface area (Å²) in [6, 6.07) is 7.72. The number of ether oxygens (including phenoxy) is 1. The number of aryl methyl sites for hydroxylation is 2. The summed E-state index contributed by atoms with van der Waals surface area (Å²) in [7, 11) is 0.